The van der Waals surface area contributed by atoms with Crippen molar-refractivity contribution in [1.82, 2.24) is 10.2 Å². The number of hydrogen-bond acceptors (Lipinski definition) is 4. The van der Waals surface area contributed by atoms with E-state index in [4.69, 9.17) is 46.4 Å². The van der Waals surface area contributed by atoms with E-state index in [1.54, 1.807) is 31.2 Å². The Morgan fingerprint density at radius 2 is 1.46 bits per heavy atom. The van der Waals surface area contributed by atoms with Crippen molar-refractivity contribution in [3.63, 3.8) is 0 Å². The quantitative estimate of drug-likeness (QED) is 0.265. The number of carbonyl (C=O) groups excluding carboxylic acids is 2. The van der Waals surface area contributed by atoms with E-state index < -0.39 is 40.0 Å². The van der Waals surface area contributed by atoms with E-state index in [9.17, 15) is 18.0 Å². The molecule has 0 aliphatic carbocycles. The van der Waals surface area contributed by atoms with E-state index in [1.165, 1.54) is 41.3 Å². The number of sulfonamides is 1. The largest absolute Gasteiger partial charge is 0.350 e. The van der Waals surface area contributed by atoms with Gasteiger partial charge in [0.1, 0.15) is 12.6 Å². The van der Waals surface area contributed by atoms with Crippen molar-refractivity contribution in [1.29, 1.82) is 0 Å². The van der Waals surface area contributed by atoms with Crippen LogP contribution in [0.3, 0.4) is 0 Å². The number of carbonyl (C=O) groups is 2. The lowest BCUT2D eigenvalue weighted by Crippen LogP contribution is -2.54. The van der Waals surface area contributed by atoms with Crippen LogP contribution in [0.5, 0.6) is 0 Å². The van der Waals surface area contributed by atoms with Gasteiger partial charge in [0.25, 0.3) is 10.0 Å². The van der Waals surface area contributed by atoms with Gasteiger partial charge in [0, 0.05) is 27.2 Å². The van der Waals surface area contributed by atoms with Crippen LogP contribution >= 0.6 is 46.4 Å². The molecule has 3 aromatic rings. The van der Waals surface area contributed by atoms with Crippen LogP contribution in [0.4, 0.5) is 5.69 Å². The predicted molar refractivity (Wildman–Crippen MR) is 167 cm³/mol. The highest BCUT2D eigenvalue weighted by atomic mass is 35.5. The molecule has 220 valence electrons. The number of amides is 2. The van der Waals surface area contributed by atoms with Crippen molar-refractivity contribution in [3.05, 3.63) is 91.9 Å². The van der Waals surface area contributed by atoms with E-state index in [-0.39, 0.29) is 27.2 Å². The molecule has 7 nitrogen and oxygen atoms in total. The predicted octanol–water partition coefficient (Wildman–Crippen LogP) is 7.14. The Kier molecular flexibility index (Phi) is 10.6. The average Bonchev–Trinajstić information content (AvgIpc) is 2.87. The second-order valence-corrected chi connectivity index (χ2v) is 14.1. The molecule has 1 N–H and O–H groups in total. The number of halogens is 4. The van der Waals surface area contributed by atoms with E-state index in [0.717, 1.165) is 9.87 Å². The highest BCUT2D eigenvalue weighted by Gasteiger charge is 2.34. The lowest BCUT2D eigenvalue weighted by molar-refractivity contribution is -0.140. The van der Waals surface area contributed by atoms with Gasteiger partial charge in [0.05, 0.1) is 15.6 Å². The molecule has 0 saturated carbocycles. The van der Waals surface area contributed by atoms with Gasteiger partial charge in [0.15, 0.2) is 0 Å². The van der Waals surface area contributed by atoms with Crippen LogP contribution in [0.15, 0.2) is 65.6 Å². The molecule has 0 radical (unpaired) electrons. The number of rotatable bonds is 9. The summed E-state index contributed by atoms with van der Waals surface area (Å²) in [5.74, 6) is -1.09. The summed E-state index contributed by atoms with van der Waals surface area (Å²) in [5.41, 5.74) is 0.822. The first-order chi connectivity index (χ1) is 19.0. The molecule has 0 heterocycles. The zero-order chi connectivity index (χ0) is 30.7. The molecule has 0 unspecified atom stereocenters. The summed E-state index contributed by atoms with van der Waals surface area (Å²) in [6.07, 6.45) is 0. The van der Waals surface area contributed by atoms with Gasteiger partial charge in [-0.1, -0.05) is 70.2 Å². The van der Waals surface area contributed by atoms with E-state index >= 15 is 0 Å². The Labute approximate surface area is 261 Å². The third kappa shape index (κ3) is 8.52. The van der Waals surface area contributed by atoms with Crippen molar-refractivity contribution >= 4 is 73.9 Å². The Balaban J connectivity index is 2.10. The van der Waals surface area contributed by atoms with Gasteiger partial charge in [-0.3, -0.25) is 13.9 Å². The fourth-order valence-corrected chi connectivity index (χ4v) is 6.25. The first-order valence-electron chi connectivity index (χ1n) is 12.6. The minimum atomic E-state index is -4.30. The van der Waals surface area contributed by atoms with Crippen molar-refractivity contribution in [2.75, 3.05) is 10.8 Å². The molecule has 2 amide bonds. The maximum Gasteiger partial charge on any atom is 0.264 e. The van der Waals surface area contributed by atoms with Gasteiger partial charge >= 0.3 is 0 Å². The van der Waals surface area contributed by atoms with Gasteiger partial charge in [-0.15, -0.1) is 0 Å². The number of benzene rings is 3. The van der Waals surface area contributed by atoms with Gasteiger partial charge in [-0.25, -0.2) is 8.42 Å². The number of nitrogens with one attached hydrogen (secondary N) is 1. The zero-order valence-electron chi connectivity index (χ0n) is 23.2. The molecular weight excluding hydrogens is 628 g/mol. The van der Waals surface area contributed by atoms with Crippen molar-refractivity contribution < 1.29 is 18.0 Å². The number of anilines is 1. The van der Waals surface area contributed by atoms with Crippen LogP contribution in [0, 0.1) is 6.92 Å². The second kappa shape index (κ2) is 13.2. The Hall–Kier alpha value is -2.49. The summed E-state index contributed by atoms with van der Waals surface area (Å²) in [4.78, 5) is 28.5. The summed E-state index contributed by atoms with van der Waals surface area (Å²) >= 11 is 25.1. The van der Waals surface area contributed by atoms with Crippen LogP contribution in [0.1, 0.15) is 38.8 Å². The lowest BCUT2D eigenvalue weighted by Gasteiger charge is -2.34. The van der Waals surface area contributed by atoms with Crippen molar-refractivity contribution in [2.45, 2.75) is 57.6 Å². The molecule has 0 saturated heterocycles. The monoisotopic (exact) mass is 657 g/mol. The van der Waals surface area contributed by atoms with Gasteiger partial charge in [-0.2, -0.15) is 0 Å². The van der Waals surface area contributed by atoms with Gasteiger partial charge in [0.2, 0.25) is 11.8 Å². The minimum absolute atomic E-state index is 0.0179. The molecule has 0 fully saturated rings. The van der Waals surface area contributed by atoms with Crippen molar-refractivity contribution in [2.24, 2.45) is 0 Å². The molecule has 0 aliphatic rings. The molecule has 0 aromatic heterocycles. The van der Waals surface area contributed by atoms with Crippen LogP contribution in [-0.4, -0.2) is 43.3 Å². The summed E-state index contributed by atoms with van der Waals surface area (Å²) in [6, 6.07) is 14.3. The molecule has 0 spiro atoms. The Bertz CT molecular complexity index is 1540. The maximum atomic E-state index is 14.0. The number of nitrogens with zero attached hydrogens (tertiary/aromatic N) is 2. The topological polar surface area (TPSA) is 86.8 Å². The number of aryl methyl sites for hydroxylation is 1. The normalized spacial score (nSPS) is 12.5. The highest BCUT2D eigenvalue weighted by Crippen LogP contribution is 2.33. The van der Waals surface area contributed by atoms with Crippen molar-refractivity contribution in [3.8, 4) is 0 Å². The molecule has 1 atom stereocenters. The molecule has 0 aliphatic heterocycles. The van der Waals surface area contributed by atoms with Gasteiger partial charge in [-0.05, 0) is 82.6 Å². The molecule has 41 heavy (non-hydrogen) atoms. The fourth-order valence-electron chi connectivity index (χ4n) is 3.92. The SMILES string of the molecule is Cc1ccc(S(=O)(=O)N(CC(=O)N(Cc2ccc(Cl)cc2Cl)[C@@H](C)C(=O)NC(C)(C)C)c2cc(Cl)ccc2Cl)cc1. The smallest absolute Gasteiger partial charge is 0.264 e. The lowest BCUT2D eigenvalue weighted by atomic mass is 10.1. The average molecular weight is 659 g/mol. The summed E-state index contributed by atoms with van der Waals surface area (Å²) in [7, 11) is -4.30. The number of hydrogen-bond donors (Lipinski definition) is 1. The van der Waals surface area contributed by atoms with E-state index in [0.29, 0.717) is 15.6 Å². The van der Waals surface area contributed by atoms with Gasteiger partial charge < -0.3 is 10.2 Å². The molecule has 12 heteroatoms. The Morgan fingerprint density at radius 3 is 2.05 bits per heavy atom. The van der Waals surface area contributed by atoms with E-state index in [2.05, 4.69) is 5.32 Å². The van der Waals surface area contributed by atoms with Crippen LogP contribution < -0.4 is 9.62 Å². The summed E-state index contributed by atoms with van der Waals surface area (Å²) < 4.78 is 28.8. The fraction of sp³-hybridized carbons (Fsp3) is 0.310. The Morgan fingerprint density at radius 1 is 0.878 bits per heavy atom. The molecule has 3 rings (SSSR count). The summed E-state index contributed by atoms with van der Waals surface area (Å²) in [6.45, 7) is 8.08. The first-order valence-corrected chi connectivity index (χ1v) is 15.5. The maximum absolute atomic E-state index is 14.0. The van der Waals surface area contributed by atoms with Crippen LogP contribution in [0.2, 0.25) is 20.1 Å². The molecule has 0 bridgehead atoms. The third-order valence-corrected chi connectivity index (χ3v) is 9.00. The molecule has 3 aromatic carbocycles. The zero-order valence-corrected chi connectivity index (χ0v) is 27.1. The second-order valence-electron chi connectivity index (χ2n) is 10.6. The molecular formula is C29H31Cl4N3O4S. The minimum Gasteiger partial charge on any atom is -0.350 e. The van der Waals surface area contributed by atoms with E-state index in [1.807, 2.05) is 27.7 Å². The standard InChI is InChI=1S/C29H31Cl4N3O4S/c1-18-6-11-23(12-7-18)41(39,40)36(26-15-22(31)10-13-24(26)32)17-27(37)35(19(2)28(38)34-29(3,4)5)16-20-8-9-21(30)14-25(20)33/h6-15,19H,16-17H2,1-5H3,(H,34,38)/t19-/m0/s1. The highest BCUT2D eigenvalue weighted by molar-refractivity contribution is 7.92. The first kappa shape index (κ1) is 33.0. The van der Waals surface area contributed by atoms with Crippen LogP contribution in [-0.2, 0) is 26.2 Å². The summed E-state index contributed by atoms with van der Waals surface area (Å²) in [5, 5.41) is 3.86. The third-order valence-electron chi connectivity index (χ3n) is 6.09. The van der Waals surface area contributed by atoms with Crippen LogP contribution in [0.25, 0.3) is 0 Å².